The lowest BCUT2D eigenvalue weighted by molar-refractivity contribution is -0.115. The van der Waals surface area contributed by atoms with Gasteiger partial charge in [0, 0.05) is 30.8 Å². The minimum absolute atomic E-state index is 0. The molecule has 0 bridgehead atoms. The van der Waals surface area contributed by atoms with Crippen molar-refractivity contribution < 1.29 is 9.90 Å². The van der Waals surface area contributed by atoms with Crippen molar-refractivity contribution in [2.45, 2.75) is 18.9 Å². The number of hydrogen-bond acceptors (Lipinski definition) is 5. The molecule has 29 heavy (non-hydrogen) atoms. The van der Waals surface area contributed by atoms with Crippen LogP contribution in [0, 0.1) is 0 Å². The summed E-state index contributed by atoms with van der Waals surface area (Å²) in [6.07, 6.45) is 5.28. The Balaban J connectivity index is 0.00000300. The summed E-state index contributed by atoms with van der Waals surface area (Å²) in [5.41, 5.74) is 3.47. The Hall–Kier alpha value is -2.80. The van der Waals surface area contributed by atoms with Crippen LogP contribution >= 0.6 is 12.4 Å². The number of aliphatic hydroxyl groups is 1. The van der Waals surface area contributed by atoms with Crippen LogP contribution in [0.4, 0.5) is 5.69 Å². The number of hydrogen-bond donors (Lipinski definition) is 3. The molecule has 1 unspecified atom stereocenters. The van der Waals surface area contributed by atoms with Crippen molar-refractivity contribution in [1.29, 1.82) is 0 Å². The van der Waals surface area contributed by atoms with Crippen LogP contribution < -0.4 is 10.6 Å². The highest BCUT2D eigenvalue weighted by Gasteiger charge is 2.07. The van der Waals surface area contributed by atoms with Crippen molar-refractivity contribution in [3.63, 3.8) is 0 Å². The zero-order chi connectivity index (χ0) is 19.6. The quantitative estimate of drug-likeness (QED) is 0.470. The number of rotatable bonds is 9. The highest BCUT2D eigenvalue weighted by Crippen LogP contribution is 2.12. The predicted molar refractivity (Wildman–Crippen MR) is 116 cm³/mol. The molecule has 0 aliphatic rings. The molecule has 0 spiro atoms. The Morgan fingerprint density at radius 3 is 2.48 bits per heavy atom. The smallest absolute Gasteiger partial charge is 0.230 e. The van der Waals surface area contributed by atoms with Crippen LogP contribution in [0.1, 0.15) is 22.9 Å². The van der Waals surface area contributed by atoms with Gasteiger partial charge in [0.15, 0.2) is 0 Å². The SMILES string of the molecule is Cl.O=C(Cc1cnccn1)Nc1ccc(CCNCC(O)c2ccccc2)cc1. The first kappa shape index (κ1) is 22.5. The molecule has 3 N–H and O–H groups in total. The Kier molecular flexibility index (Phi) is 9.24. The fraction of sp³-hybridized carbons (Fsp3) is 0.227. The summed E-state index contributed by atoms with van der Waals surface area (Å²) in [5, 5.41) is 16.3. The number of carbonyl (C=O) groups excluding carboxylic acids is 1. The Morgan fingerprint density at radius 2 is 1.79 bits per heavy atom. The van der Waals surface area contributed by atoms with Gasteiger partial charge in [-0.3, -0.25) is 14.8 Å². The molecule has 1 aromatic heterocycles. The lowest BCUT2D eigenvalue weighted by atomic mass is 10.1. The second-order valence-corrected chi connectivity index (χ2v) is 6.50. The fourth-order valence-corrected chi connectivity index (χ4v) is 2.81. The molecule has 3 rings (SSSR count). The van der Waals surface area contributed by atoms with E-state index >= 15 is 0 Å². The number of carbonyl (C=O) groups is 1. The number of halogens is 1. The minimum Gasteiger partial charge on any atom is -0.387 e. The molecule has 0 saturated carbocycles. The number of aromatic nitrogens is 2. The molecule has 1 heterocycles. The van der Waals surface area contributed by atoms with Gasteiger partial charge in [0.25, 0.3) is 0 Å². The average Bonchev–Trinajstić information content (AvgIpc) is 2.73. The molecule has 3 aromatic rings. The second-order valence-electron chi connectivity index (χ2n) is 6.50. The van der Waals surface area contributed by atoms with E-state index in [4.69, 9.17) is 0 Å². The molecular weight excluding hydrogens is 388 g/mol. The first-order chi connectivity index (χ1) is 13.7. The molecule has 1 atom stereocenters. The zero-order valence-corrected chi connectivity index (χ0v) is 16.8. The third-order valence-electron chi connectivity index (χ3n) is 4.31. The maximum atomic E-state index is 12.0. The van der Waals surface area contributed by atoms with E-state index in [1.807, 2.05) is 54.6 Å². The summed E-state index contributed by atoms with van der Waals surface area (Å²) in [4.78, 5) is 20.1. The molecular formula is C22H25ClN4O2. The van der Waals surface area contributed by atoms with Crippen molar-refractivity contribution >= 4 is 24.0 Å². The average molecular weight is 413 g/mol. The number of anilines is 1. The fourth-order valence-electron chi connectivity index (χ4n) is 2.81. The minimum atomic E-state index is -0.506. The molecule has 0 saturated heterocycles. The van der Waals surface area contributed by atoms with Gasteiger partial charge < -0.3 is 15.7 Å². The standard InChI is InChI=1S/C22H24N4O2.ClH/c27-21(18-4-2-1-3-5-18)16-23-11-10-17-6-8-19(9-7-17)26-22(28)14-20-15-24-12-13-25-20;/h1-9,12-13,15,21,23,27H,10-11,14,16H2,(H,26,28);1H. The molecule has 0 fully saturated rings. The molecule has 152 valence electrons. The topological polar surface area (TPSA) is 87.1 Å². The molecule has 6 nitrogen and oxygen atoms in total. The van der Waals surface area contributed by atoms with Gasteiger partial charge in [0.1, 0.15) is 0 Å². The van der Waals surface area contributed by atoms with Crippen molar-refractivity contribution in [1.82, 2.24) is 15.3 Å². The normalized spacial score (nSPS) is 11.3. The van der Waals surface area contributed by atoms with E-state index in [1.54, 1.807) is 18.6 Å². The lowest BCUT2D eigenvalue weighted by Crippen LogP contribution is -2.23. The van der Waals surface area contributed by atoms with Gasteiger partial charge >= 0.3 is 0 Å². The molecule has 1 amide bonds. The molecule has 2 aromatic carbocycles. The van der Waals surface area contributed by atoms with Crippen LogP contribution in [-0.2, 0) is 17.6 Å². The van der Waals surface area contributed by atoms with Crippen LogP contribution in [0.25, 0.3) is 0 Å². The predicted octanol–water partition coefficient (Wildman–Crippen LogP) is 2.95. The van der Waals surface area contributed by atoms with Crippen LogP contribution in [0.2, 0.25) is 0 Å². The van der Waals surface area contributed by atoms with Gasteiger partial charge in [-0.05, 0) is 36.2 Å². The van der Waals surface area contributed by atoms with Crippen LogP contribution in [0.3, 0.4) is 0 Å². The number of nitrogens with one attached hydrogen (secondary N) is 2. The zero-order valence-electron chi connectivity index (χ0n) is 16.0. The third-order valence-corrected chi connectivity index (χ3v) is 4.31. The molecule has 0 aliphatic carbocycles. The van der Waals surface area contributed by atoms with E-state index in [0.717, 1.165) is 29.8 Å². The first-order valence-corrected chi connectivity index (χ1v) is 9.28. The number of benzene rings is 2. The maximum absolute atomic E-state index is 12.0. The van der Waals surface area contributed by atoms with Crippen molar-refractivity contribution in [3.05, 3.63) is 90.0 Å². The number of amides is 1. The van der Waals surface area contributed by atoms with Crippen LogP contribution in [0.15, 0.2) is 73.2 Å². The third kappa shape index (κ3) is 7.62. The van der Waals surface area contributed by atoms with Gasteiger partial charge in [0.2, 0.25) is 5.91 Å². The van der Waals surface area contributed by atoms with E-state index in [2.05, 4.69) is 20.6 Å². The summed E-state index contributed by atoms with van der Waals surface area (Å²) < 4.78 is 0. The van der Waals surface area contributed by atoms with Gasteiger partial charge in [-0.1, -0.05) is 42.5 Å². The van der Waals surface area contributed by atoms with E-state index < -0.39 is 6.10 Å². The van der Waals surface area contributed by atoms with Crippen molar-refractivity contribution in [2.24, 2.45) is 0 Å². The Labute approximate surface area is 176 Å². The summed E-state index contributed by atoms with van der Waals surface area (Å²) in [6.45, 7) is 1.28. The Morgan fingerprint density at radius 1 is 1.03 bits per heavy atom. The summed E-state index contributed by atoms with van der Waals surface area (Å²) >= 11 is 0. The maximum Gasteiger partial charge on any atom is 0.230 e. The first-order valence-electron chi connectivity index (χ1n) is 9.28. The van der Waals surface area contributed by atoms with E-state index in [1.165, 1.54) is 0 Å². The highest BCUT2D eigenvalue weighted by molar-refractivity contribution is 5.91. The molecule has 0 aliphatic heterocycles. The Bertz CT molecular complexity index is 861. The van der Waals surface area contributed by atoms with Crippen molar-refractivity contribution in [3.8, 4) is 0 Å². The molecule has 0 radical (unpaired) electrons. The second kappa shape index (κ2) is 11.9. The number of aliphatic hydroxyl groups excluding tert-OH is 1. The number of nitrogens with zero attached hydrogens (tertiary/aromatic N) is 2. The van der Waals surface area contributed by atoms with Gasteiger partial charge in [-0.15, -0.1) is 12.4 Å². The highest BCUT2D eigenvalue weighted by atomic mass is 35.5. The summed E-state index contributed by atoms with van der Waals surface area (Å²) in [5.74, 6) is -0.121. The summed E-state index contributed by atoms with van der Waals surface area (Å²) in [6, 6.07) is 17.4. The monoisotopic (exact) mass is 412 g/mol. The summed E-state index contributed by atoms with van der Waals surface area (Å²) in [7, 11) is 0. The van der Waals surface area contributed by atoms with Crippen molar-refractivity contribution in [2.75, 3.05) is 18.4 Å². The van der Waals surface area contributed by atoms with Gasteiger partial charge in [-0.25, -0.2) is 0 Å². The van der Waals surface area contributed by atoms with E-state index in [0.29, 0.717) is 12.2 Å². The van der Waals surface area contributed by atoms with Gasteiger partial charge in [-0.2, -0.15) is 0 Å². The van der Waals surface area contributed by atoms with Crippen LogP contribution in [0.5, 0.6) is 0 Å². The van der Waals surface area contributed by atoms with E-state index in [9.17, 15) is 9.90 Å². The van der Waals surface area contributed by atoms with Crippen LogP contribution in [-0.4, -0.2) is 34.1 Å². The van der Waals surface area contributed by atoms with E-state index in [-0.39, 0.29) is 24.7 Å². The molecule has 7 heteroatoms. The van der Waals surface area contributed by atoms with Gasteiger partial charge in [0.05, 0.1) is 18.2 Å². The largest absolute Gasteiger partial charge is 0.387 e. The lowest BCUT2D eigenvalue weighted by Gasteiger charge is -2.12.